The molecule has 0 bridgehead atoms. The van der Waals surface area contributed by atoms with E-state index in [9.17, 15) is 4.79 Å². The Kier molecular flexibility index (Phi) is 4.56. The van der Waals surface area contributed by atoms with E-state index in [1.807, 2.05) is 28.1 Å². The van der Waals surface area contributed by atoms with E-state index >= 15 is 0 Å². The summed E-state index contributed by atoms with van der Waals surface area (Å²) in [5, 5.41) is 11.3. The van der Waals surface area contributed by atoms with Crippen LogP contribution in [0.4, 0.5) is 11.5 Å². The van der Waals surface area contributed by atoms with Gasteiger partial charge in [0.25, 0.3) is 5.91 Å². The Morgan fingerprint density at radius 1 is 1.16 bits per heavy atom. The second-order valence-electron chi connectivity index (χ2n) is 6.16. The van der Waals surface area contributed by atoms with E-state index in [2.05, 4.69) is 44.7 Å². The molecule has 0 unspecified atom stereocenters. The van der Waals surface area contributed by atoms with Gasteiger partial charge in [-0.15, -0.1) is 0 Å². The van der Waals surface area contributed by atoms with Gasteiger partial charge in [0.1, 0.15) is 5.82 Å². The van der Waals surface area contributed by atoms with E-state index in [1.54, 1.807) is 27.8 Å². The second kappa shape index (κ2) is 6.80. The zero-order valence-electron chi connectivity index (χ0n) is 14.9. The maximum Gasteiger partial charge on any atom is 0.260 e. The summed E-state index contributed by atoms with van der Waals surface area (Å²) in [7, 11) is 5.83. The molecule has 1 aromatic carbocycles. The topological polar surface area (TPSA) is 68.0 Å². The highest BCUT2D eigenvalue weighted by atomic mass is 16.1. The fourth-order valence-electron chi connectivity index (χ4n) is 2.54. The number of nitrogens with zero attached hydrogens (tertiary/aromatic N) is 5. The van der Waals surface area contributed by atoms with E-state index in [-0.39, 0.29) is 5.91 Å². The van der Waals surface area contributed by atoms with Crippen LogP contribution in [0.2, 0.25) is 0 Å². The third kappa shape index (κ3) is 3.55. The molecule has 25 heavy (non-hydrogen) atoms. The molecule has 0 saturated heterocycles. The molecular formula is C18H22N6O. The largest absolute Gasteiger partial charge is 0.378 e. The van der Waals surface area contributed by atoms with Gasteiger partial charge in [0.2, 0.25) is 0 Å². The number of carbonyl (C=O) groups is 1. The van der Waals surface area contributed by atoms with Gasteiger partial charge in [-0.1, -0.05) is 12.1 Å². The van der Waals surface area contributed by atoms with Crippen molar-refractivity contribution in [3.05, 3.63) is 59.5 Å². The summed E-state index contributed by atoms with van der Waals surface area (Å²) in [6.45, 7) is 2.45. The fourth-order valence-corrected chi connectivity index (χ4v) is 2.54. The van der Waals surface area contributed by atoms with Gasteiger partial charge in [0, 0.05) is 38.6 Å². The first kappa shape index (κ1) is 16.8. The average Bonchev–Trinajstić information content (AvgIpc) is 3.15. The first-order valence-electron chi connectivity index (χ1n) is 8.03. The Hall–Kier alpha value is -3.09. The lowest BCUT2D eigenvalue weighted by atomic mass is 10.2. The van der Waals surface area contributed by atoms with E-state index in [0.717, 1.165) is 16.9 Å². The molecule has 0 radical (unpaired) electrons. The van der Waals surface area contributed by atoms with Gasteiger partial charge in [-0.25, -0.2) is 4.68 Å². The quantitative estimate of drug-likeness (QED) is 0.775. The third-order valence-electron chi connectivity index (χ3n) is 4.22. The Bertz CT molecular complexity index is 875. The van der Waals surface area contributed by atoms with Crippen molar-refractivity contribution in [1.29, 1.82) is 0 Å². The van der Waals surface area contributed by atoms with Crippen molar-refractivity contribution in [3.63, 3.8) is 0 Å². The van der Waals surface area contributed by atoms with Gasteiger partial charge in [0.15, 0.2) is 0 Å². The van der Waals surface area contributed by atoms with Crippen LogP contribution < -0.4 is 10.2 Å². The molecule has 2 aromatic heterocycles. The molecule has 7 nitrogen and oxygen atoms in total. The molecule has 1 N–H and O–H groups in total. The Morgan fingerprint density at radius 3 is 2.48 bits per heavy atom. The highest BCUT2D eigenvalue weighted by molar-refractivity contribution is 6.04. The molecular weight excluding hydrogens is 316 g/mol. The van der Waals surface area contributed by atoms with Crippen LogP contribution in [0.3, 0.4) is 0 Å². The minimum atomic E-state index is -0.185. The Balaban J connectivity index is 1.74. The van der Waals surface area contributed by atoms with E-state index in [4.69, 9.17) is 0 Å². The summed E-state index contributed by atoms with van der Waals surface area (Å²) in [6.07, 6.45) is 3.26. The molecule has 3 aromatic rings. The van der Waals surface area contributed by atoms with E-state index in [0.29, 0.717) is 17.9 Å². The molecule has 0 fully saturated rings. The molecule has 130 valence electrons. The fraction of sp³-hybridized carbons (Fsp3) is 0.278. The normalized spacial score (nSPS) is 10.7. The lowest BCUT2D eigenvalue weighted by Crippen LogP contribution is -2.17. The molecule has 2 heterocycles. The van der Waals surface area contributed by atoms with E-state index < -0.39 is 0 Å². The van der Waals surface area contributed by atoms with Crippen molar-refractivity contribution in [2.45, 2.75) is 13.5 Å². The Morgan fingerprint density at radius 2 is 1.88 bits per heavy atom. The number of aromatic nitrogens is 4. The van der Waals surface area contributed by atoms with Crippen LogP contribution in [0.25, 0.3) is 0 Å². The first-order valence-corrected chi connectivity index (χ1v) is 8.03. The third-order valence-corrected chi connectivity index (χ3v) is 4.22. The standard InChI is InChI=1S/C18H22N6O/c1-13-16(11-20-23(13)4)18(25)21-17-9-10-19-24(17)12-14-5-7-15(8-6-14)22(2)3/h5-11H,12H2,1-4H3,(H,21,25). The number of carbonyl (C=O) groups excluding carboxylic acids is 1. The van der Waals surface area contributed by atoms with Gasteiger partial charge in [-0.3, -0.25) is 9.48 Å². The molecule has 3 rings (SSSR count). The van der Waals surface area contributed by atoms with Crippen LogP contribution in [0.1, 0.15) is 21.6 Å². The predicted molar refractivity (Wildman–Crippen MR) is 98.0 cm³/mol. The summed E-state index contributed by atoms with van der Waals surface area (Å²) in [6, 6.07) is 10.0. The minimum absolute atomic E-state index is 0.185. The maximum atomic E-state index is 12.5. The number of amides is 1. The van der Waals surface area contributed by atoms with Crippen LogP contribution in [0.5, 0.6) is 0 Å². The molecule has 0 aliphatic rings. The highest BCUT2D eigenvalue weighted by Gasteiger charge is 2.15. The number of aryl methyl sites for hydroxylation is 1. The van der Waals surface area contributed by atoms with Crippen molar-refractivity contribution in [1.82, 2.24) is 19.6 Å². The summed E-state index contributed by atoms with van der Waals surface area (Å²) in [5.41, 5.74) is 3.64. The van der Waals surface area contributed by atoms with Crippen LogP contribution in [-0.4, -0.2) is 39.6 Å². The first-order chi connectivity index (χ1) is 12.0. The Labute approximate surface area is 146 Å². The van der Waals surface area contributed by atoms with Crippen LogP contribution in [0.15, 0.2) is 42.7 Å². The number of nitrogens with one attached hydrogen (secondary N) is 1. The highest BCUT2D eigenvalue weighted by Crippen LogP contribution is 2.16. The molecule has 0 aliphatic heterocycles. The van der Waals surface area contributed by atoms with Crippen molar-refractivity contribution < 1.29 is 4.79 Å². The number of hydrogen-bond donors (Lipinski definition) is 1. The van der Waals surface area contributed by atoms with Crippen LogP contribution in [-0.2, 0) is 13.6 Å². The van der Waals surface area contributed by atoms with Gasteiger partial charge in [-0.05, 0) is 24.6 Å². The van der Waals surface area contributed by atoms with Gasteiger partial charge in [0.05, 0.1) is 24.5 Å². The zero-order chi connectivity index (χ0) is 18.0. The molecule has 0 spiro atoms. The van der Waals surface area contributed by atoms with E-state index in [1.165, 1.54) is 0 Å². The van der Waals surface area contributed by atoms with Crippen LogP contribution in [0, 0.1) is 6.92 Å². The van der Waals surface area contributed by atoms with Crippen molar-refractivity contribution in [2.75, 3.05) is 24.3 Å². The van der Waals surface area contributed by atoms with Gasteiger partial charge >= 0.3 is 0 Å². The number of anilines is 2. The average molecular weight is 338 g/mol. The molecule has 0 aliphatic carbocycles. The second-order valence-corrected chi connectivity index (χ2v) is 6.16. The maximum absolute atomic E-state index is 12.5. The smallest absolute Gasteiger partial charge is 0.260 e. The summed E-state index contributed by atoms with van der Waals surface area (Å²) >= 11 is 0. The summed E-state index contributed by atoms with van der Waals surface area (Å²) < 4.78 is 3.45. The summed E-state index contributed by atoms with van der Waals surface area (Å²) in [5.74, 6) is 0.472. The summed E-state index contributed by atoms with van der Waals surface area (Å²) in [4.78, 5) is 14.5. The molecule has 0 atom stereocenters. The molecule has 7 heteroatoms. The van der Waals surface area contributed by atoms with Gasteiger partial charge < -0.3 is 10.2 Å². The monoisotopic (exact) mass is 338 g/mol. The van der Waals surface area contributed by atoms with Crippen LogP contribution >= 0.6 is 0 Å². The zero-order valence-corrected chi connectivity index (χ0v) is 14.9. The number of rotatable bonds is 5. The predicted octanol–water partition coefficient (Wildman–Crippen LogP) is 2.29. The lowest BCUT2D eigenvalue weighted by Gasteiger charge is -2.13. The van der Waals surface area contributed by atoms with Gasteiger partial charge in [-0.2, -0.15) is 10.2 Å². The lowest BCUT2D eigenvalue weighted by molar-refractivity contribution is 0.102. The van der Waals surface area contributed by atoms with Crippen molar-refractivity contribution in [3.8, 4) is 0 Å². The number of hydrogen-bond acceptors (Lipinski definition) is 4. The van der Waals surface area contributed by atoms with Crippen molar-refractivity contribution in [2.24, 2.45) is 7.05 Å². The number of benzene rings is 1. The van der Waals surface area contributed by atoms with Crippen molar-refractivity contribution >= 4 is 17.4 Å². The minimum Gasteiger partial charge on any atom is -0.378 e. The molecule has 0 saturated carbocycles. The SMILES string of the molecule is Cc1c(C(=O)Nc2ccnn2Cc2ccc(N(C)C)cc2)cnn1C. The molecule has 1 amide bonds.